The molecule has 4 heteroatoms. The van der Waals surface area contributed by atoms with Gasteiger partial charge in [0.05, 0.1) is 6.61 Å². The average molecular weight is 248 g/mol. The highest BCUT2D eigenvalue weighted by Gasteiger charge is 2.26. The third-order valence-corrected chi connectivity index (χ3v) is 3.51. The lowest BCUT2D eigenvalue weighted by molar-refractivity contribution is -0.133. The number of alkyl halides is 1. The van der Waals surface area contributed by atoms with Gasteiger partial charge in [0.1, 0.15) is 5.38 Å². The van der Waals surface area contributed by atoms with Gasteiger partial charge in [0.2, 0.25) is 5.91 Å². The number of nitrogens with zero attached hydrogens (tertiary/aromatic N) is 1. The van der Waals surface area contributed by atoms with Crippen LogP contribution in [0.15, 0.2) is 0 Å². The zero-order valence-electron chi connectivity index (χ0n) is 10.2. The molecule has 1 aliphatic rings. The molecule has 0 bridgehead atoms. The van der Waals surface area contributed by atoms with Crippen molar-refractivity contribution in [2.75, 3.05) is 26.3 Å². The van der Waals surface area contributed by atoms with E-state index in [1.165, 1.54) is 0 Å². The molecule has 1 amide bonds. The van der Waals surface area contributed by atoms with Crippen molar-refractivity contribution in [2.24, 2.45) is 5.92 Å². The molecule has 16 heavy (non-hydrogen) atoms. The van der Waals surface area contributed by atoms with Crippen LogP contribution in [0.25, 0.3) is 0 Å². The van der Waals surface area contributed by atoms with E-state index in [1.807, 2.05) is 18.7 Å². The summed E-state index contributed by atoms with van der Waals surface area (Å²) in [4.78, 5) is 13.8. The van der Waals surface area contributed by atoms with Crippen LogP contribution in [0, 0.1) is 5.92 Å². The summed E-state index contributed by atoms with van der Waals surface area (Å²) in [5.41, 5.74) is 0. The number of hydrogen-bond acceptors (Lipinski definition) is 2. The fourth-order valence-electron chi connectivity index (χ4n) is 2.06. The fourth-order valence-corrected chi connectivity index (χ4v) is 2.20. The van der Waals surface area contributed by atoms with E-state index in [4.69, 9.17) is 16.3 Å². The molecular formula is C12H22ClNO2. The lowest BCUT2D eigenvalue weighted by Crippen LogP contribution is -2.44. The van der Waals surface area contributed by atoms with E-state index in [0.29, 0.717) is 12.3 Å². The summed E-state index contributed by atoms with van der Waals surface area (Å²) in [6.45, 7) is 7.11. The van der Waals surface area contributed by atoms with Gasteiger partial charge in [0, 0.05) is 19.7 Å². The van der Waals surface area contributed by atoms with Crippen molar-refractivity contribution < 1.29 is 9.53 Å². The van der Waals surface area contributed by atoms with Crippen LogP contribution in [0.3, 0.4) is 0 Å². The Hall–Kier alpha value is -0.280. The topological polar surface area (TPSA) is 29.5 Å². The second kappa shape index (κ2) is 7.13. The molecule has 0 saturated carbocycles. The molecule has 3 nitrogen and oxygen atoms in total. The number of rotatable bonds is 5. The first-order chi connectivity index (χ1) is 7.69. The molecule has 0 N–H and O–H groups in total. The molecule has 94 valence electrons. The Morgan fingerprint density at radius 3 is 2.94 bits per heavy atom. The zero-order valence-corrected chi connectivity index (χ0v) is 11.0. The second-order valence-corrected chi connectivity index (χ2v) is 4.85. The van der Waals surface area contributed by atoms with Crippen LogP contribution in [-0.2, 0) is 9.53 Å². The predicted octanol–water partition coefficient (Wildman–Crippen LogP) is 2.28. The molecular weight excluding hydrogens is 226 g/mol. The minimum atomic E-state index is -0.356. The summed E-state index contributed by atoms with van der Waals surface area (Å²) in [6, 6.07) is 0. The van der Waals surface area contributed by atoms with Crippen molar-refractivity contribution in [1.82, 2.24) is 4.90 Å². The second-order valence-electron chi connectivity index (χ2n) is 4.33. The Kier molecular flexibility index (Phi) is 6.14. The first kappa shape index (κ1) is 13.8. The van der Waals surface area contributed by atoms with Gasteiger partial charge in [-0.3, -0.25) is 4.79 Å². The first-order valence-electron chi connectivity index (χ1n) is 6.19. The summed E-state index contributed by atoms with van der Waals surface area (Å²) in [5.74, 6) is 0.573. The van der Waals surface area contributed by atoms with Gasteiger partial charge in [-0.25, -0.2) is 0 Å². The quantitative estimate of drug-likeness (QED) is 0.698. The molecule has 1 fully saturated rings. The van der Waals surface area contributed by atoms with Crippen molar-refractivity contribution in [3.05, 3.63) is 0 Å². The summed E-state index contributed by atoms with van der Waals surface area (Å²) in [7, 11) is 0. The molecule has 0 unspecified atom stereocenters. The maximum absolute atomic E-state index is 11.9. The van der Waals surface area contributed by atoms with Crippen molar-refractivity contribution in [3.63, 3.8) is 0 Å². The summed E-state index contributed by atoms with van der Waals surface area (Å²) >= 11 is 5.98. The van der Waals surface area contributed by atoms with Crippen molar-refractivity contribution >= 4 is 17.5 Å². The van der Waals surface area contributed by atoms with Gasteiger partial charge in [-0.15, -0.1) is 11.6 Å². The maximum Gasteiger partial charge on any atom is 0.240 e. The number of piperidine rings is 1. The third kappa shape index (κ3) is 3.95. The van der Waals surface area contributed by atoms with Crippen molar-refractivity contribution in [3.8, 4) is 0 Å². The molecule has 2 atom stereocenters. The Balaban J connectivity index is 2.40. The van der Waals surface area contributed by atoms with Gasteiger partial charge in [-0.2, -0.15) is 0 Å². The number of amides is 1. The van der Waals surface area contributed by atoms with Crippen LogP contribution in [0.1, 0.15) is 33.1 Å². The number of ether oxygens (including phenoxy) is 1. The van der Waals surface area contributed by atoms with E-state index in [0.717, 1.165) is 39.1 Å². The third-order valence-electron chi connectivity index (χ3n) is 3.01. The lowest BCUT2D eigenvalue weighted by atomic mass is 9.98. The zero-order chi connectivity index (χ0) is 12.0. The number of likely N-dealkylation sites (tertiary alicyclic amines) is 1. The van der Waals surface area contributed by atoms with E-state index in [9.17, 15) is 4.79 Å². The fraction of sp³-hybridized carbons (Fsp3) is 0.917. The van der Waals surface area contributed by atoms with Gasteiger partial charge in [0.25, 0.3) is 0 Å². The van der Waals surface area contributed by atoms with Crippen LogP contribution in [0.4, 0.5) is 0 Å². The molecule has 1 heterocycles. The standard InChI is InChI=1S/C12H22ClNO2/c1-3-11(13)12(15)14-7-5-6-10(8-14)9-16-4-2/h10-11H,3-9H2,1-2H3/t10-,11+/m0/s1. The van der Waals surface area contributed by atoms with Gasteiger partial charge in [-0.05, 0) is 32.1 Å². The van der Waals surface area contributed by atoms with Gasteiger partial charge >= 0.3 is 0 Å². The molecule has 1 rings (SSSR count). The SMILES string of the molecule is CCOC[C@H]1CCCN(C(=O)[C@H](Cl)CC)C1. The van der Waals surface area contributed by atoms with E-state index in [1.54, 1.807) is 0 Å². The average Bonchev–Trinajstić information content (AvgIpc) is 2.34. The lowest BCUT2D eigenvalue weighted by Gasteiger charge is -2.33. The van der Waals surface area contributed by atoms with E-state index in [2.05, 4.69) is 0 Å². The molecule has 0 aromatic carbocycles. The van der Waals surface area contributed by atoms with E-state index >= 15 is 0 Å². The minimum Gasteiger partial charge on any atom is -0.381 e. The molecule has 1 aliphatic heterocycles. The minimum absolute atomic E-state index is 0.0883. The number of hydrogen-bond donors (Lipinski definition) is 0. The summed E-state index contributed by atoms with van der Waals surface area (Å²) in [6.07, 6.45) is 2.92. The molecule has 0 spiro atoms. The van der Waals surface area contributed by atoms with Crippen LogP contribution in [0.5, 0.6) is 0 Å². The van der Waals surface area contributed by atoms with E-state index < -0.39 is 0 Å². The van der Waals surface area contributed by atoms with Crippen LogP contribution in [0.2, 0.25) is 0 Å². The normalized spacial score (nSPS) is 23.2. The molecule has 0 aromatic rings. The summed E-state index contributed by atoms with van der Waals surface area (Å²) in [5, 5.41) is -0.356. The number of carbonyl (C=O) groups excluding carboxylic acids is 1. The Morgan fingerprint density at radius 2 is 2.31 bits per heavy atom. The Labute approximate surface area is 103 Å². The van der Waals surface area contributed by atoms with E-state index in [-0.39, 0.29) is 11.3 Å². The number of carbonyl (C=O) groups is 1. The molecule has 1 saturated heterocycles. The smallest absolute Gasteiger partial charge is 0.240 e. The van der Waals surface area contributed by atoms with Crippen LogP contribution in [-0.4, -0.2) is 42.5 Å². The monoisotopic (exact) mass is 247 g/mol. The highest BCUT2D eigenvalue weighted by Crippen LogP contribution is 2.19. The molecule has 0 aromatic heterocycles. The van der Waals surface area contributed by atoms with Gasteiger partial charge in [-0.1, -0.05) is 6.92 Å². The van der Waals surface area contributed by atoms with Gasteiger partial charge < -0.3 is 9.64 Å². The van der Waals surface area contributed by atoms with Crippen LogP contribution >= 0.6 is 11.6 Å². The first-order valence-corrected chi connectivity index (χ1v) is 6.63. The molecule has 0 aliphatic carbocycles. The Morgan fingerprint density at radius 1 is 1.56 bits per heavy atom. The van der Waals surface area contributed by atoms with Crippen molar-refractivity contribution in [2.45, 2.75) is 38.5 Å². The summed E-state index contributed by atoms with van der Waals surface area (Å²) < 4.78 is 5.42. The maximum atomic E-state index is 11.9. The molecule has 0 radical (unpaired) electrons. The highest BCUT2D eigenvalue weighted by atomic mass is 35.5. The Bertz CT molecular complexity index is 223. The van der Waals surface area contributed by atoms with Crippen molar-refractivity contribution in [1.29, 1.82) is 0 Å². The highest BCUT2D eigenvalue weighted by molar-refractivity contribution is 6.30. The number of halogens is 1. The largest absolute Gasteiger partial charge is 0.381 e. The van der Waals surface area contributed by atoms with Crippen LogP contribution < -0.4 is 0 Å². The predicted molar refractivity (Wildman–Crippen MR) is 65.7 cm³/mol. The van der Waals surface area contributed by atoms with Gasteiger partial charge in [0.15, 0.2) is 0 Å².